The van der Waals surface area contributed by atoms with Crippen LogP contribution in [0.1, 0.15) is 33.6 Å². The summed E-state index contributed by atoms with van der Waals surface area (Å²) in [6.07, 6.45) is 2.46. The number of fused-ring (bicyclic) bond motifs is 1. The molecule has 2 aromatic carbocycles. The highest BCUT2D eigenvalue weighted by molar-refractivity contribution is 6.06. The van der Waals surface area contributed by atoms with E-state index >= 15 is 0 Å². The summed E-state index contributed by atoms with van der Waals surface area (Å²) in [7, 11) is 1.30. The molecule has 4 rings (SSSR count). The molecule has 0 spiro atoms. The van der Waals surface area contributed by atoms with Gasteiger partial charge in [-0.15, -0.1) is 0 Å². The maximum Gasteiger partial charge on any atom is 0.338 e. The van der Waals surface area contributed by atoms with Crippen LogP contribution in [0.4, 0.5) is 0 Å². The van der Waals surface area contributed by atoms with Crippen molar-refractivity contribution in [2.75, 3.05) is 26.7 Å². The van der Waals surface area contributed by atoms with Gasteiger partial charge >= 0.3 is 5.97 Å². The molecule has 2 heterocycles. The molecule has 0 bridgehead atoms. The van der Waals surface area contributed by atoms with Crippen LogP contribution in [-0.2, 0) is 17.8 Å². The van der Waals surface area contributed by atoms with Crippen molar-refractivity contribution in [1.29, 1.82) is 5.41 Å². The van der Waals surface area contributed by atoms with Gasteiger partial charge in [0, 0.05) is 18.7 Å². The Labute approximate surface area is 175 Å². The van der Waals surface area contributed by atoms with Crippen LogP contribution in [0.15, 0.2) is 48.5 Å². The third-order valence-electron chi connectivity index (χ3n) is 5.75. The Bertz CT molecular complexity index is 1140. The average Bonchev–Trinajstić information content (AvgIpc) is 3.39. The van der Waals surface area contributed by atoms with Crippen LogP contribution >= 0.6 is 0 Å². The molecule has 3 aromatic rings. The molecule has 0 radical (unpaired) electrons. The second-order valence-corrected chi connectivity index (χ2v) is 7.56. The van der Waals surface area contributed by atoms with Crippen LogP contribution < -0.4 is 5.62 Å². The normalized spacial score (nSPS) is 14.3. The molecule has 7 nitrogen and oxygen atoms in total. The Morgan fingerprint density at radius 2 is 1.50 bits per heavy atom. The van der Waals surface area contributed by atoms with E-state index < -0.39 is 5.97 Å². The van der Waals surface area contributed by atoms with E-state index in [1.54, 1.807) is 28.8 Å². The monoisotopic (exact) mass is 406 g/mol. The molecule has 0 amide bonds. The van der Waals surface area contributed by atoms with Crippen LogP contribution in [-0.4, -0.2) is 52.5 Å². The molecular formula is C23H26N4O3. The molecule has 0 unspecified atom stereocenters. The van der Waals surface area contributed by atoms with Crippen LogP contribution in [0.25, 0.3) is 11.0 Å². The topological polar surface area (TPSA) is 80.3 Å². The summed E-state index contributed by atoms with van der Waals surface area (Å²) in [5.41, 5.74) is 2.63. The number of rotatable bonds is 7. The number of nitrogens with one attached hydrogen (secondary N) is 1. The van der Waals surface area contributed by atoms with Crippen molar-refractivity contribution in [2.24, 2.45) is 0 Å². The largest absolute Gasteiger partial charge is 0.465 e. The summed E-state index contributed by atoms with van der Waals surface area (Å²) in [6.45, 7) is 3.80. The molecule has 1 N–H and O–H groups in total. The maximum atomic E-state index is 13.1. The lowest BCUT2D eigenvalue weighted by atomic mass is 10.0. The Morgan fingerprint density at radius 3 is 2.17 bits per heavy atom. The number of aromatic nitrogens is 2. The molecule has 1 aliphatic rings. The van der Waals surface area contributed by atoms with Crippen molar-refractivity contribution in [3.05, 3.63) is 65.3 Å². The fourth-order valence-corrected chi connectivity index (χ4v) is 4.17. The number of hydrogen-bond acceptors (Lipinski definition) is 5. The number of imidazole rings is 1. The highest BCUT2D eigenvalue weighted by atomic mass is 16.5. The minimum absolute atomic E-state index is 0.00985. The van der Waals surface area contributed by atoms with E-state index in [4.69, 9.17) is 10.1 Å². The van der Waals surface area contributed by atoms with Gasteiger partial charge in [-0.2, -0.15) is 0 Å². The molecule has 0 aliphatic carbocycles. The molecule has 0 atom stereocenters. The standard InChI is InChI=1S/C23H26N4O3/c1-30-22(29)18-9-3-2-8-17(18)21(28)16-27-20-11-5-4-10-19(20)26(23(27)24)15-14-25-12-6-7-13-25/h2-5,8-11,24H,6-7,12-16H2,1H3. The number of ether oxygens (including phenoxy) is 1. The second-order valence-electron chi connectivity index (χ2n) is 7.56. The van der Waals surface area contributed by atoms with Gasteiger partial charge in [0.05, 0.1) is 30.3 Å². The first-order valence-electron chi connectivity index (χ1n) is 10.3. The molecule has 7 heteroatoms. The average molecular weight is 406 g/mol. The number of benzene rings is 2. The molecule has 1 fully saturated rings. The molecular weight excluding hydrogens is 380 g/mol. The van der Waals surface area contributed by atoms with Gasteiger partial charge < -0.3 is 18.8 Å². The summed E-state index contributed by atoms with van der Waals surface area (Å²) in [5.74, 6) is -0.764. The number of hydrogen-bond donors (Lipinski definition) is 1. The zero-order valence-corrected chi connectivity index (χ0v) is 17.1. The molecule has 1 saturated heterocycles. The summed E-state index contributed by atoms with van der Waals surface area (Å²) in [5, 5.41) is 8.74. The number of esters is 1. The predicted octanol–water partition coefficient (Wildman–Crippen LogP) is 2.69. The lowest BCUT2D eigenvalue weighted by Crippen LogP contribution is -2.31. The van der Waals surface area contributed by atoms with Gasteiger partial charge in [-0.3, -0.25) is 10.2 Å². The van der Waals surface area contributed by atoms with E-state index in [0.717, 1.165) is 30.7 Å². The van der Waals surface area contributed by atoms with Crippen molar-refractivity contribution in [2.45, 2.75) is 25.9 Å². The van der Waals surface area contributed by atoms with Gasteiger partial charge in [0.15, 0.2) is 5.78 Å². The minimum Gasteiger partial charge on any atom is -0.465 e. The number of Topliss-reactive ketones (excluding diaryl/α,β-unsaturated/α-hetero) is 1. The number of carbonyl (C=O) groups is 2. The number of carbonyl (C=O) groups excluding carboxylic acids is 2. The highest BCUT2D eigenvalue weighted by Crippen LogP contribution is 2.17. The van der Waals surface area contributed by atoms with Crippen LogP contribution in [0.5, 0.6) is 0 Å². The van der Waals surface area contributed by atoms with E-state index in [1.807, 2.05) is 28.8 Å². The van der Waals surface area contributed by atoms with Gasteiger partial charge in [-0.1, -0.05) is 30.3 Å². The predicted molar refractivity (Wildman–Crippen MR) is 114 cm³/mol. The number of nitrogens with zero attached hydrogens (tertiary/aromatic N) is 3. The van der Waals surface area contributed by atoms with Crippen LogP contribution in [0.2, 0.25) is 0 Å². The first-order chi connectivity index (χ1) is 14.6. The zero-order chi connectivity index (χ0) is 21.1. The first kappa shape index (κ1) is 20.1. The van der Waals surface area contributed by atoms with Crippen LogP contribution in [0, 0.1) is 5.41 Å². The van der Waals surface area contributed by atoms with E-state index in [0.29, 0.717) is 17.7 Å². The lowest BCUT2D eigenvalue weighted by Gasteiger charge is -2.15. The van der Waals surface area contributed by atoms with Crippen molar-refractivity contribution in [3.8, 4) is 0 Å². The summed E-state index contributed by atoms with van der Waals surface area (Å²) in [4.78, 5) is 27.6. The summed E-state index contributed by atoms with van der Waals surface area (Å²) >= 11 is 0. The Balaban J connectivity index is 1.66. The molecule has 1 aliphatic heterocycles. The van der Waals surface area contributed by atoms with Crippen LogP contribution in [0.3, 0.4) is 0 Å². The Hall–Kier alpha value is -3.19. The van der Waals surface area contributed by atoms with E-state index in [9.17, 15) is 9.59 Å². The van der Waals surface area contributed by atoms with Gasteiger partial charge in [-0.25, -0.2) is 4.79 Å². The number of likely N-dealkylation sites (tertiary alicyclic amines) is 1. The van der Waals surface area contributed by atoms with Crippen molar-refractivity contribution >= 4 is 22.8 Å². The quantitative estimate of drug-likeness (QED) is 0.483. The Morgan fingerprint density at radius 1 is 0.900 bits per heavy atom. The zero-order valence-electron chi connectivity index (χ0n) is 17.1. The maximum absolute atomic E-state index is 13.1. The number of ketones is 1. The first-order valence-corrected chi connectivity index (χ1v) is 10.3. The van der Waals surface area contributed by atoms with Crippen molar-refractivity contribution < 1.29 is 14.3 Å². The SMILES string of the molecule is COC(=O)c1ccccc1C(=O)Cn1c(=N)n(CCN2CCCC2)c2ccccc21. The Kier molecular flexibility index (Phi) is 5.81. The van der Waals surface area contributed by atoms with E-state index in [1.165, 1.54) is 20.0 Å². The molecule has 1 aromatic heterocycles. The lowest BCUT2D eigenvalue weighted by molar-refractivity contribution is 0.0596. The minimum atomic E-state index is -0.539. The highest BCUT2D eigenvalue weighted by Gasteiger charge is 2.20. The fraction of sp³-hybridized carbons (Fsp3) is 0.348. The van der Waals surface area contributed by atoms with E-state index in [-0.39, 0.29) is 17.9 Å². The smallest absolute Gasteiger partial charge is 0.338 e. The second kappa shape index (κ2) is 8.67. The fourth-order valence-electron chi connectivity index (χ4n) is 4.17. The summed E-state index contributed by atoms with van der Waals surface area (Å²) < 4.78 is 8.50. The van der Waals surface area contributed by atoms with E-state index in [2.05, 4.69) is 4.90 Å². The van der Waals surface area contributed by atoms with Gasteiger partial charge in [0.25, 0.3) is 0 Å². The summed E-state index contributed by atoms with van der Waals surface area (Å²) in [6, 6.07) is 14.4. The number of methoxy groups -OCH3 is 1. The van der Waals surface area contributed by atoms with Gasteiger partial charge in [0.2, 0.25) is 5.62 Å². The third-order valence-corrected chi connectivity index (χ3v) is 5.75. The van der Waals surface area contributed by atoms with Crippen molar-refractivity contribution in [1.82, 2.24) is 14.0 Å². The van der Waals surface area contributed by atoms with Gasteiger partial charge in [-0.05, 0) is 44.1 Å². The third kappa shape index (κ3) is 3.80. The molecule has 30 heavy (non-hydrogen) atoms. The van der Waals surface area contributed by atoms with Gasteiger partial charge in [0.1, 0.15) is 0 Å². The molecule has 156 valence electrons. The number of para-hydroxylation sites is 2. The molecule has 0 saturated carbocycles. The van der Waals surface area contributed by atoms with Crippen molar-refractivity contribution in [3.63, 3.8) is 0 Å².